The molecule has 1 saturated carbocycles. The highest BCUT2D eigenvalue weighted by molar-refractivity contribution is 6.14. The zero-order valence-electron chi connectivity index (χ0n) is 17.0. The fourth-order valence-electron chi connectivity index (χ4n) is 3.90. The van der Waals surface area contributed by atoms with Gasteiger partial charge in [0, 0.05) is 24.7 Å². The molecule has 0 amide bonds. The monoisotopic (exact) mass is 396 g/mol. The molecule has 29 heavy (non-hydrogen) atoms. The zero-order chi connectivity index (χ0) is 20.2. The summed E-state index contributed by atoms with van der Waals surface area (Å²) < 4.78 is 26.2. The number of fused-ring (bicyclic) bond motifs is 1. The highest BCUT2D eigenvalue weighted by Gasteiger charge is 2.41. The number of hydrogen-bond donors (Lipinski definition) is 0. The Morgan fingerprint density at radius 3 is 2.72 bits per heavy atom. The molecular formula is C22H25FN4O2. The summed E-state index contributed by atoms with van der Waals surface area (Å²) in [6, 6.07) is 5.28. The van der Waals surface area contributed by atoms with Crippen LogP contribution in [-0.2, 0) is 11.3 Å². The second-order valence-corrected chi connectivity index (χ2v) is 8.95. The van der Waals surface area contributed by atoms with Gasteiger partial charge in [0.2, 0.25) is 0 Å². The van der Waals surface area contributed by atoms with Gasteiger partial charge in [0.05, 0.1) is 30.2 Å². The first-order valence-corrected chi connectivity index (χ1v) is 10.1. The average Bonchev–Trinajstić information content (AvgIpc) is 3.27. The molecule has 1 aliphatic carbocycles. The van der Waals surface area contributed by atoms with Gasteiger partial charge in [-0.05, 0) is 51.3 Å². The molecule has 0 spiro atoms. The largest absolute Gasteiger partial charge is 0.484 e. The van der Waals surface area contributed by atoms with Gasteiger partial charge in [0.25, 0.3) is 0 Å². The summed E-state index contributed by atoms with van der Waals surface area (Å²) in [6.07, 6.45) is 3.48. The smallest absolute Gasteiger partial charge is 0.165 e. The van der Waals surface area contributed by atoms with E-state index in [2.05, 4.69) is 33.7 Å². The van der Waals surface area contributed by atoms with Crippen molar-refractivity contribution < 1.29 is 13.9 Å². The first kappa shape index (κ1) is 18.5. The van der Waals surface area contributed by atoms with Gasteiger partial charge in [-0.15, -0.1) is 0 Å². The molecule has 2 fully saturated rings. The Hall–Kier alpha value is -2.54. The Kier molecular flexibility index (Phi) is 4.13. The number of rotatable bonds is 4. The number of anilines is 1. The normalized spacial score (nSPS) is 21.5. The summed E-state index contributed by atoms with van der Waals surface area (Å²) >= 11 is 0. The van der Waals surface area contributed by atoms with Crippen molar-refractivity contribution in [3.8, 4) is 5.75 Å². The summed E-state index contributed by atoms with van der Waals surface area (Å²) in [5.74, 6) is 0.821. The number of benzene rings is 1. The molecule has 0 bridgehead atoms. The Morgan fingerprint density at radius 1 is 1.14 bits per heavy atom. The summed E-state index contributed by atoms with van der Waals surface area (Å²) in [5, 5.41) is 0. The third-order valence-electron chi connectivity index (χ3n) is 5.78. The van der Waals surface area contributed by atoms with E-state index in [9.17, 15) is 4.39 Å². The predicted molar refractivity (Wildman–Crippen MR) is 108 cm³/mol. The summed E-state index contributed by atoms with van der Waals surface area (Å²) in [5.41, 5.74) is 2.80. The van der Waals surface area contributed by atoms with E-state index in [1.165, 1.54) is 0 Å². The minimum atomic E-state index is -0.327. The van der Waals surface area contributed by atoms with E-state index in [-0.39, 0.29) is 17.0 Å². The van der Waals surface area contributed by atoms with Crippen molar-refractivity contribution >= 4 is 11.5 Å². The van der Waals surface area contributed by atoms with E-state index in [1.54, 1.807) is 18.5 Å². The first-order valence-electron chi connectivity index (χ1n) is 10.1. The maximum Gasteiger partial charge on any atom is 0.165 e. The van der Waals surface area contributed by atoms with E-state index < -0.39 is 0 Å². The maximum absolute atomic E-state index is 14.5. The quantitative estimate of drug-likeness (QED) is 0.792. The van der Waals surface area contributed by atoms with E-state index in [0.29, 0.717) is 18.9 Å². The average molecular weight is 396 g/mol. The van der Waals surface area contributed by atoms with E-state index in [1.807, 2.05) is 13.0 Å². The number of morpholine rings is 1. The Morgan fingerprint density at radius 2 is 1.97 bits per heavy atom. The molecule has 152 valence electrons. The zero-order valence-corrected chi connectivity index (χ0v) is 17.0. The van der Waals surface area contributed by atoms with Gasteiger partial charge < -0.3 is 14.4 Å². The first-order chi connectivity index (χ1) is 13.8. The molecule has 3 aliphatic rings. The van der Waals surface area contributed by atoms with Crippen LogP contribution in [0.25, 0.3) is 0 Å². The summed E-state index contributed by atoms with van der Waals surface area (Å²) in [6.45, 7) is 8.82. The molecule has 0 atom stereocenters. The highest BCUT2D eigenvalue weighted by atomic mass is 19.1. The number of ether oxygens (including phenoxy) is 2. The van der Waals surface area contributed by atoms with Crippen molar-refractivity contribution in [1.82, 2.24) is 9.97 Å². The van der Waals surface area contributed by atoms with Crippen LogP contribution < -0.4 is 9.64 Å². The minimum absolute atomic E-state index is 0.219. The number of hydrogen-bond acceptors (Lipinski definition) is 6. The van der Waals surface area contributed by atoms with E-state index in [4.69, 9.17) is 9.47 Å². The third kappa shape index (κ3) is 3.59. The van der Waals surface area contributed by atoms with Gasteiger partial charge in [0.15, 0.2) is 11.6 Å². The number of halogens is 1. The van der Waals surface area contributed by atoms with Crippen LogP contribution in [0.1, 0.15) is 50.4 Å². The Labute approximate surface area is 169 Å². The molecule has 1 aromatic heterocycles. The summed E-state index contributed by atoms with van der Waals surface area (Å²) in [4.78, 5) is 15.8. The second-order valence-electron chi connectivity index (χ2n) is 8.95. The third-order valence-corrected chi connectivity index (χ3v) is 5.78. The van der Waals surface area contributed by atoms with Crippen molar-refractivity contribution in [1.29, 1.82) is 0 Å². The summed E-state index contributed by atoms with van der Waals surface area (Å²) in [7, 11) is 0. The van der Waals surface area contributed by atoms with Crippen molar-refractivity contribution in [2.24, 2.45) is 4.99 Å². The fraction of sp³-hybridized carbons (Fsp3) is 0.500. The standard InChI is InChI=1S/C22H25FN4O2/c1-21(2)12-27(6-7-28-21)19-10-17(25-13-26-19)20-15-9-18(29-22(3)4-5-22)16(23)8-14(15)11-24-20/h8-10,13H,4-7,11-12H2,1-3H3. The highest BCUT2D eigenvalue weighted by Crippen LogP contribution is 2.41. The molecule has 1 saturated heterocycles. The van der Waals surface area contributed by atoms with Crippen LogP contribution in [0.15, 0.2) is 29.5 Å². The molecule has 1 aromatic carbocycles. The van der Waals surface area contributed by atoms with Crippen molar-refractivity contribution in [2.75, 3.05) is 24.6 Å². The van der Waals surface area contributed by atoms with Crippen molar-refractivity contribution in [2.45, 2.75) is 51.4 Å². The molecule has 2 aromatic rings. The van der Waals surface area contributed by atoms with Gasteiger partial charge in [-0.1, -0.05) is 0 Å². The lowest BCUT2D eigenvalue weighted by Gasteiger charge is -2.38. The van der Waals surface area contributed by atoms with Crippen molar-refractivity contribution in [3.63, 3.8) is 0 Å². The molecule has 7 heteroatoms. The molecule has 3 heterocycles. The topological polar surface area (TPSA) is 59.8 Å². The van der Waals surface area contributed by atoms with Crippen LogP contribution in [0.2, 0.25) is 0 Å². The maximum atomic E-state index is 14.5. The minimum Gasteiger partial charge on any atom is -0.484 e. The lowest BCUT2D eigenvalue weighted by atomic mass is 10.0. The number of aliphatic imine (C=N–C) groups is 1. The molecule has 5 rings (SSSR count). The number of nitrogens with zero attached hydrogens (tertiary/aromatic N) is 4. The van der Waals surface area contributed by atoms with Gasteiger partial charge >= 0.3 is 0 Å². The van der Waals surface area contributed by atoms with Crippen LogP contribution in [-0.4, -0.2) is 46.6 Å². The molecule has 0 unspecified atom stereocenters. The van der Waals surface area contributed by atoms with E-state index in [0.717, 1.165) is 54.3 Å². The molecule has 2 aliphatic heterocycles. The van der Waals surface area contributed by atoms with E-state index >= 15 is 0 Å². The van der Waals surface area contributed by atoms with Gasteiger partial charge in [-0.25, -0.2) is 14.4 Å². The fourth-order valence-corrected chi connectivity index (χ4v) is 3.90. The van der Waals surface area contributed by atoms with Crippen LogP contribution in [0.5, 0.6) is 5.75 Å². The van der Waals surface area contributed by atoms with Gasteiger partial charge in [-0.3, -0.25) is 4.99 Å². The predicted octanol–water partition coefficient (Wildman–Crippen LogP) is 3.51. The Bertz CT molecular complexity index is 1000. The van der Waals surface area contributed by atoms with Crippen LogP contribution in [0.3, 0.4) is 0 Å². The number of aromatic nitrogens is 2. The molecule has 0 radical (unpaired) electrons. The van der Waals surface area contributed by atoms with Gasteiger partial charge in [-0.2, -0.15) is 0 Å². The molecule has 6 nitrogen and oxygen atoms in total. The van der Waals surface area contributed by atoms with Crippen molar-refractivity contribution in [3.05, 3.63) is 47.2 Å². The van der Waals surface area contributed by atoms with Crippen LogP contribution >= 0.6 is 0 Å². The molecular weight excluding hydrogens is 371 g/mol. The van der Waals surface area contributed by atoms with Gasteiger partial charge in [0.1, 0.15) is 17.7 Å². The second kappa shape index (κ2) is 6.49. The Balaban J connectivity index is 1.45. The lowest BCUT2D eigenvalue weighted by Crippen LogP contribution is -2.48. The molecule has 0 N–H and O–H groups in total. The SMILES string of the molecule is CC1(C)CN(c2cc(C3=NCc4cc(F)c(OC5(C)CC5)cc43)ncn2)CCO1. The lowest BCUT2D eigenvalue weighted by molar-refractivity contribution is -0.0279. The van der Waals surface area contributed by atoms with Crippen LogP contribution in [0, 0.1) is 5.82 Å². The van der Waals surface area contributed by atoms with Crippen LogP contribution in [0.4, 0.5) is 10.2 Å².